The molecular weight excluding hydrogens is 449 g/mol. The number of likely N-dealkylation sites (tertiary alicyclic amines) is 1. The van der Waals surface area contributed by atoms with E-state index in [2.05, 4.69) is 51.8 Å². The van der Waals surface area contributed by atoms with Crippen molar-refractivity contribution in [1.82, 2.24) is 24.6 Å². The van der Waals surface area contributed by atoms with Gasteiger partial charge in [0.2, 0.25) is 0 Å². The summed E-state index contributed by atoms with van der Waals surface area (Å²) in [6, 6.07) is 1.96. The van der Waals surface area contributed by atoms with Gasteiger partial charge in [-0.2, -0.15) is 18.3 Å². The molecule has 33 heavy (non-hydrogen) atoms. The fraction of sp³-hybridized carbons (Fsp3) is 0.609. The Morgan fingerprint density at radius 1 is 1.18 bits per heavy atom. The number of aryl methyl sites for hydroxylation is 2. The molecule has 1 spiro atoms. The molecule has 1 atom stereocenters. The highest BCUT2D eigenvalue weighted by atomic mass is 32.1. The Morgan fingerprint density at radius 3 is 2.58 bits per heavy atom. The lowest BCUT2D eigenvalue weighted by Gasteiger charge is -2.52. The molecule has 2 fully saturated rings. The zero-order chi connectivity index (χ0) is 23.5. The molecule has 2 aliphatic heterocycles. The SMILES string of the molecule is Cc1nn(C)cc1[C@H](C(C)C)N1CC2(CCN(c3ncnc4sc(CC(F)(F)F)cc34)C2)C1. The smallest absolute Gasteiger partial charge is 0.355 e. The van der Waals surface area contributed by atoms with Crippen LogP contribution in [0.3, 0.4) is 0 Å². The molecule has 0 bridgehead atoms. The van der Waals surface area contributed by atoms with Crippen LogP contribution in [0.25, 0.3) is 10.2 Å². The summed E-state index contributed by atoms with van der Waals surface area (Å²) in [5, 5.41) is 5.28. The van der Waals surface area contributed by atoms with Crippen molar-refractivity contribution in [3.63, 3.8) is 0 Å². The molecule has 5 heterocycles. The van der Waals surface area contributed by atoms with E-state index in [1.54, 1.807) is 6.07 Å². The summed E-state index contributed by atoms with van der Waals surface area (Å²) >= 11 is 1.11. The maximum Gasteiger partial charge on any atom is 0.393 e. The van der Waals surface area contributed by atoms with Gasteiger partial charge in [-0.05, 0) is 25.3 Å². The van der Waals surface area contributed by atoms with Gasteiger partial charge < -0.3 is 4.90 Å². The van der Waals surface area contributed by atoms with Crippen molar-refractivity contribution in [3.8, 4) is 0 Å². The lowest BCUT2D eigenvalue weighted by molar-refractivity contribution is -0.126. The fourth-order valence-corrected chi connectivity index (χ4v) is 6.72. The first kappa shape index (κ1) is 22.6. The summed E-state index contributed by atoms with van der Waals surface area (Å²) in [7, 11) is 1.97. The first-order valence-electron chi connectivity index (χ1n) is 11.3. The van der Waals surface area contributed by atoms with Crippen molar-refractivity contribution >= 4 is 27.4 Å². The second kappa shape index (κ2) is 7.94. The predicted molar refractivity (Wildman–Crippen MR) is 124 cm³/mol. The van der Waals surface area contributed by atoms with Crippen LogP contribution in [0.5, 0.6) is 0 Å². The van der Waals surface area contributed by atoms with Crippen LogP contribution in [0.4, 0.5) is 19.0 Å². The number of rotatable bonds is 5. The van der Waals surface area contributed by atoms with Crippen LogP contribution in [0.15, 0.2) is 18.6 Å². The third-order valence-corrected chi connectivity index (χ3v) is 7.99. The van der Waals surface area contributed by atoms with Crippen molar-refractivity contribution in [2.24, 2.45) is 18.4 Å². The van der Waals surface area contributed by atoms with Crippen LogP contribution < -0.4 is 4.90 Å². The van der Waals surface area contributed by atoms with E-state index in [0.717, 1.165) is 60.8 Å². The van der Waals surface area contributed by atoms with E-state index in [1.807, 2.05) is 11.7 Å². The minimum Gasteiger partial charge on any atom is -0.355 e. The molecule has 5 rings (SSSR count). The normalized spacial score (nSPS) is 19.7. The topological polar surface area (TPSA) is 50.1 Å². The molecule has 2 saturated heterocycles. The maximum absolute atomic E-state index is 12.9. The molecule has 3 aromatic heterocycles. The van der Waals surface area contributed by atoms with E-state index < -0.39 is 12.6 Å². The minimum absolute atomic E-state index is 0.200. The molecular formula is C23H29F3N6S. The number of nitrogens with zero attached hydrogens (tertiary/aromatic N) is 6. The Balaban J connectivity index is 1.32. The Kier molecular flexibility index (Phi) is 5.43. The number of anilines is 1. The average Bonchev–Trinajstić information content (AvgIpc) is 3.36. The number of fused-ring (bicyclic) bond motifs is 1. The highest BCUT2D eigenvalue weighted by Crippen LogP contribution is 2.47. The third kappa shape index (κ3) is 4.23. The molecule has 10 heteroatoms. The number of halogens is 3. The van der Waals surface area contributed by atoms with Gasteiger partial charge in [-0.3, -0.25) is 9.58 Å². The maximum atomic E-state index is 12.9. The largest absolute Gasteiger partial charge is 0.393 e. The molecule has 0 radical (unpaired) electrons. The molecule has 6 nitrogen and oxygen atoms in total. The Bertz CT molecular complexity index is 1160. The Morgan fingerprint density at radius 2 is 1.94 bits per heavy atom. The monoisotopic (exact) mass is 478 g/mol. The van der Waals surface area contributed by atoms with Crippen molar-refractivity contribution in [3.05, 3.63) is 34.7 Å². The quantitative estimate of drug-likeness (QED) is 0.530. The van der Waals surface area contributed by atoms with Crippen LogP contribution in [0.2, 0.25) is 0 Å². The number of alkyl halides is 3. The van der Waals surface area contributed by atoms with Gasteiger partial charge in [0.15, 0.2) is 0 Å². The van der Waals surface area contributed by atoms with Crippen molar-refractivity contribution in [1.29, 1.82) is 0 Å². The molecule has 0 aromatic carbocycles. The summed E-state index contributed by atoms with van der Waals surface area (Å²) in [6.07, 6.45) is -0.467. The van der Waals surface area contributed by atoms with Gasteiger partial charge in [-0.1, -0.05) is 13.8 Å². The van der Waals surface area contributed by atoms with Gasteiger partial charge in [-0.15, -0.1) is 11.3 Å². The molecule has 3 aromatic rings. The van der Waals surface area contributed by atoms with Gasteiger partial charge in [-0.25, -0.2) is 9.97 Å². The lowest BCUT2D eigenvalue weighted by atomic mass is 9.76. The van der Waals surface area contributed by atoms with Gasteiger partial charge in [0, 0.05) is 61.3 Å². The molecule has 2 aliphatic rings. The van der Waals surface area contributed by atoms with E-state index >= 15 is 0 Å². The van der Waals surface area contributed by atoms with Crippen molar-refractivity contribution in [2.75, 3.05) is 31.1 Å². The zero-order valence-electron chi connectivity index (χ0n) is 19.4. The number of aromatic nitrogens is 4. The van der Waals surface area contributed by atoms with Crippen LogP contribution in [0, 0.1) is 18.3 Å². The van der Waals surface area contributed by atoms with Crippen LogP contribution >= 0.6 is 11.3 Å². The first-order chi connectivity index (χ1) is 15.5. The second-order valence-corrected chi connectivity index (χ2v) is 11.1. The van der Waals surface area contributed by atoms with Gasteiger partial charge in [0.1, 0.15) is 17.0 Å². The van der Waals surface area contributed by atoms with E-state index in [-0.39, 0.29) is 10.3 Å². The van der Waals surface area contributed by atoms with Crippen molar-refractivity contribution < 1.29 is 13.2 Å². The summed E-state index contributed by atoms with van der Waals surface area (Å²) < 4.78 is 40.5. The van der Waals surface area contributed by atoms with Crippen LogP contribution in [-0.4, -0.2) is 57.0 Å². The second-order valence-electron chi connectivity index (χ2n) is 10.0. The number of hydrogen-bond acceptors (Lipinski definition) is 6. The first-order valence-corrected chi connectivity index (χ1v) is 12.1. The van der Waals surface area contributed by atoms with E-state index in [9.17, 15) is 13.2 Å². The highest BCUT2D eigenvalue weighted by molar-refractivity contribution is 7.18. The lowest BCUT2D eigenvalue weighted by Crippen LogP contribution is -2.59. The minimum atomic E-state index is -4.22. The van der Waals surface area contributed by atoms with E-state index in [4.69, 9.17) is 0 Å². The average molecular weight is 479 g/mol. The molecule has 0 unspecified atom stereocenters. The highest BCUT2D eigenvalue weighted by Gasteiger charge is 2.50. The van der Waals surface area contributed by atoms with Crippen molar-refractivity contribution in [2.45, 2.75) is 45.8 Å². The van der Waals surface area contributed by atoms with Crippen LogP contribution in [-0.2, 0) is 13.5 Å². The standard InChI is InChI=1S/C23H29F3N6S/c1-14(2)19(18-9-30(4)29-15(18)3)32-11-22(12-32)5-6-31(10-22)20-17-7-16(8-23(24,25)26)33-21(17)28-13-27-20/h7,9,13-14,19H,5-6,8,10-12H2,1-4H3/t19-/m0/s1. The van der Waals surface area contributed by atoms with Gasteiger partial charge >= 0.3 is 6.18 Å². The molecule has 0 aliphatic carbocycles. The fourth-order valence-electron chi connectivity index (χ4n) is 5.70. The zero-order valence-corrected chi connectivity index (χ0v) is 20.2. The van der Waals surface area contributed by atoms with E-state index in [1.165, 1.54) is 11.9 Å². The summed E-state index contributed by atoms with van der Waals surface area (Å²) in [6.45, 7) is 10.4. The third-order valence-electron chi connectivity index (χ3n) is 6.94. The van der Waals surface area contributed by atoms with E-state index in [0.29, 0.717) is 16.8 Å². The summed E-state index contributed by atoms with van der Waals surface area (Å²) in [5.41, 5.74) is 2.58. The van der Waals surface area contributed by atoms with Gasteiger partial charge in [0.25, 0.3) is 0 Å². The molecule has 178 valence electrons. The predicted octanol–water partition coefficient (Wildman–Crippen LogP) is 4.75. The summed E-state index contributed by atoms with van der Waals surface area (Å²) in [5.74, 6) is 1.24. The Hall–Kier alpha value is -2.20. The number of hydrogen-bond donors (Lipinski definition) is 0. The number of thiophene rings is 1. The summed E-state index contributed by atoms with van der Waals surface area (Å²) in [4.78, 5) is 14.4. The van der Waals surface area contributed by atoms with Crippen LogP contribution in [0.1, 0.15) is 42.4 Å². The molecule has 0 N–H and O–H groups in total. The Labute approximate surface area is 195 Å². The molecule has 0 saturated carbocycles. The molecule has 0 amide bonds. The van der Waals surface area contributed by atoms with Gasteiger partial charge in [0.05, 0.1) is 17.5 Å².